The van der Waals surface area contributed by atoms with Crippen LogP contribution < -0.4 is 20.7 Å². The molecule has 2 amide bonds. The van der Waals surface area contributed by atoms with Gasteiger partial charge < -0.3 is 20.9 Å². The number of hydrogen-bond acceptors (Lipinski definition) is 6. The van der Waals surface area contributed by atoms with Crippen LogP contribution in [0.3, 0.4) is 0 Å². The summed E-state index contributed by atoms with van der Waals surface area (Å²) in [5, 5.41) is 11.2. The number of hydrogen-bond donors (Lipinski definition) is 3. The third-order valence-corrected chi connectivity index (χ3v) is 2.45. The molecule has 1 aliphatic heterocycles. The molecule has 0 radical (unpaired) electrons. The van der Waals surface area contributed by atoms with Crippen LogP contribution in [0.1, 0.15) is 13.8 Å². The topological polar surface area (TPSA) is 131 Å². The molecule has 9 nitrogen and oxygen atoms in total. The van der Waals surface area contributed by atoms with E-state index in [1.165, 1.54) is 4.90 Å². The van der Waals surface area contributed by atoms with Gasteiger partial charge in [0, 0.05) is 0 Å². The highest BCUT2D eigenvalue weighted by atomic mass is 16.7. The van der Waals surface area contributed by atoms with Crippen LogP contribution in [0.4, 0.5) is 21.4 Å². The first-order valence-corrected chi connectivity index (χ1v) is 5.41. The lowest BCUT2D eigenvalue weighted by Gasteiger charge is -2.16. The minimum absolute atomic E-state index is 0.0957. The lowest BCUT2D eigenvalue weighted by molar-refractivity contribution is 0.144. The molecule has 19 heavy (non-hydrogen) atoms. The second kappa shape index (κ2) is 4.26. The maximum absolute atomic E-state index is 11.7. The van der Waals surface area contributed by atoms with Gasteiger partial charge in [-0.2, -0.15) is 4.98 Å². The Bertz CT molecular complexity index is 545. The first-order valence-electron chi connectivity index (χ1n) is 5.41. The van der Waals surface area contributed by atoms with Crippen molar-refractivity contribution in [2.45, 2.75) is 19.4 Å². The summed E-state index contributed by atoms with van der Waals surface area (Å²) >= 11 is 0. The molecule has 1 aromatic rings. The van der Waals surface area contributed by atoms with Crippen LogP contribution in [0.5, 0.6) is 5.75 Å². The Labute approximate surface area is 108 Å². The molecular formula is C10H13N5O4. The second-order valence-corrected chi connectivity index (χ2v) is 4.69. The van der Waals surface area contributed by atoms with Crippen LogP contribution in [-0.2, 0) is 0 Å². The molecule has 0 atom stereocenters. The Balaban J connectivity index is 2.25. The predicted molar refractivity (Wildman–Crippen MR) is 65.1 cm³/mol. The summed E-state index contributed by atoms with van der Waals surface area (Å²) in [6, 6.07) is -0.337. The zero-order valence-corrected chi connectivity index (χ0v) is 10.4. The summed E-state index contributed by atoms with van der Waals surface area (Å²) in [5.41, 5.74) is 5.16. The number of anilines is 2. The van der Waals surface area contributed by atoms with Crippen molar-refractivity contribution in [3.63, 3.8) is 0 Å². The number of nitrogen functional groups attached to an aromatic ring is 1. The summed E-state index contributed by atoms with van der Waals surface area (Å²) in [5.74, 6) is -0.224. The van der Waals surface area contributed by atoms with Crippen LogP contribution in [0, 0.1) is 0 Å². The molecule has 0 aromatic carbocycles. The molecule has 1 saturated heterocycles. The molecule has 102 valence electrons. The van der Waals surface area contributed by atoms with Gasteiger partial charge in [0.15, 0.2) is 11.6 Å². The molecule has 0 unspecified atom stereocenters. The van der Waals surface area contributed by atoms with Crippen molar-refractivity contribution < 1.29 is 19.4 Å². The van der Waals surface area contributed by atoms with Crippen molar-refractivity contribution in [3.05, 3.63) is 6.20 Å². The van der Waals surface area contributed by atoms with Crippen LogP contribution in [-0.4, -0.2) is 39.3 Å². The van der Waals surface area contributed by atoms with Gasteiger partial charge in [0.1, 0.15) is 0 Å². The largest absolute Gasteiger partial charge is 0.511 e. The van der Waals surface area contributed by atoms with Gasteiger partial charge in [-0.1, -0.05) is 0 Å². The molecule has 2 rings (SSSR count). The summed E-state index contributed by atoms with van der Waals surface area (Å²) in [6.07, 6.45) is -0.396. The van der Waals surface area contributed by atoms with Gasteiger partial charge in [-0.05, 0) is 13.8 Å². The molecule has 1 aliphatic rings. The zero-order chi connectivity index (χ0) is 14.2. The number of rotatable bonds is 2. The van der Waals surface area contributed by atoms with Crippen LogP contribution >= 0.6 is 0 Å². The molecular weight excluding hydrogens is 254 g/mol. The fourth-order valence-electron chi connectivity index (χ4n) is 1.70. The minimum atomic E-state index is -1.51. The number of urea groups is 1. The highest BCUT2D eigenvalue weighted by Gasteiger charge is 2.37. The Kier molecular flexibility index (Phi) is 2.89. The number of carboxylic acid groups (broad SMARTS) is 1. The third kappa shape index (κ3) is 2.64. The summed E-state index contributed by atoms with van der Waals surface area (Å²) in [6.45, 7) is 4.09. The van der Waals surface area contributed by atoms with E-state index in [0.29, 0.717) is 6.54 Å². The molecule has 4 N–H and O–H groups in total. The van der Waals surface area contributed by atoms with Crippen molar-refractivity contribution in [3.8, 4) is 5.75 Å². The molecule has 0 saturated carbocycles. The zero-order valence-electron chi connectivity index (χ0n) is 10.4. The van der Waals surface area contributed by atoms with Crippen molar-refractivity contribution in [2.24, 2.45) is 0 Å². The highest BCUT2D eigenvalue weighted by Crippen LogP contribution is 2.24. The summed E-state index contributed by atoms with van der Waals surface area (Å²) in [7, 11) is 0. The lowest BCUT2D eigenvalue weighted by Crippen LogP contribution is -2.36. The fourth-order valence-corrected chi connectivity index (χ4v) is 1.70. The number of nitrogens with zero attached hydrogens (tertiary/aromatic N) is 3. The lowest BCUT2D eigenvalue weighted by atomic mass is 10.1. The standard InChI is InChI=1S/C10H13N5O4/c1-10(2)4-15(8(16)14-10)7-12-3-5(6(11)13-7)19-9(17)18/h3H,4H2,1-2H3,(H,14,16)(H,17,18)(H2,11,12,13). The van der Waals surface area contributed by atoms with E-state index in [1.807, 2.05) is 13.8 Å². The van der Waals surface area contributed by atoms with E-state index >= 15 is 0 Å². The summed E-state index contributed by atoms with van der Waals surface area (Å²) in [4.78, 5) is 31.2. The van der Waals surface area contributed by atoms with E-state index in [9.17, 15) is 9.59 Å². The van der Waals surface area contributed by atoms with Crippen molar-refractivity contribution in [1.82, 2.24) is 15.3 Å². The monoisotopic (exact) mass is 267 g/mol. The molecule has 1 fully saturated rings. The van der Waals surface area contributed by atoms with Gasteiger partial charge in [0.25, 0.3) is 0 Å². The Morgan fingerprint density at radius 3 is 2.79 bits per heavy atom. The smallest absolute Gasteiger partial charge is 0.449 e. The highest BCUT2D eigenvalue weighted by molar-refractivity contribution is 5.93. The van der Waals surface area contributed by atoms with Gasteiger partial charge in [-0.3, -0.25) is 4.90 Å². The second-order valence-electron chi connectivity index (χ2n) is 4.69. The number of aromatic nitrogens is 2. The number of ether oxygens (including phenoxy) is 1. The predicted octanol–water partition coefficient (Wildman–Crippen LogP) is 0.424. The number of carbonyl (C=O) groups is 2. The molecule has 2 heterocycles. The molecule has 9 heteroatoms. The van der Waals surface area contributed by atoms with Gasteiger partial charge >= 0.3 is 12.2 Å². The van der Waals surface area contributed by atoms with E-state index in [1.54, 1.807) is 0 Å². The van der Waals surface area contributed by atoms with Gasteiger partial charge in [0.2, 0.25) is 5.95 Å². The third-order valence-electron chi connectivity index (χ3n) is 2.45. The van der Waals surface area contributed by atoms with E-state index < -0.39 is 11.7 Å². The number of carbonyl (C=O) groups excluding carboxylic acids is 1. The first-order chi connectivity index (χ1) is 8.78. The van der Waals surface area contributed by atoms with E-state index in [4.69, 9.17) is 10.8 Å². The van der Waals surface area contributed by atoms with Crippen molar-refractivity contribution in [2.75, 3.05) is 17.2 Å². The SMILES string of the molecule is CC1(C)CN(c2ncc(OC(=O)O)c(N)n2)C(=O)N1. The first kappa shape index (κ1) is 12.9. The maximum atomic E-state index is 11.7. The van der Waals surface area contributed by atoms with E-state index in [2.05, 4.69) is 20.0 Å². The average molecular weight is 267 g/mol. The van der Waals surface area contributed by atoms with Crippen LogP contribution in [0.25, 0.3) is 0 Å². The van der Waals surface area contributed by atoms with E-state index in [0.717, 1.165) is 6.20 Å². The van der Waals surface area contributed by atoms with Crippen LogP contribution in [0.15, 0.2) is 6.20 Å². The van der Waals surface area contributed by atoms with Crippen molar-refractivity contribution in [1.29, 1.82) is 0 Å². The average Bonchev–Trinajstić information content (AvgIpc) is 2.54. The number of nitrogens with one attached hydrogen (secondary N) is 1. The maximum Gasteiger partial charge on any atom is 0.511 e. The van der Waals surface area contributed by atoms with Gasteiger partial charge in [0.05, 0.1) is 18.3 Å². The Hall–Kier alpha value is -2.58. The molecule has 1 aromatic heterocycles. The Morgan fingerprint density at radius 1 is 1.63 bits per heavy atom. The minimum Gasteiger partial charge on any atom is -0.449 e. The summed E-state index contributed by atoms with van der Waals surface area (Å²) < 4.78 is 4.38. The quantitative estimate of drug-likeness (QED) is 0.662. The Morgan fingerprint density at radius 2 is 2.32 bits per heavy atom. The normalized spacial score (nSPS) is 17.2. The molecule has 0 bridgehead atoms. The molecule has 0 aliphatic carbocycles. The van der Waals surface area contributed by atoms with Gasteiger partial charge in [-0.25, -0.2) is 14.6 Å². The van der Waals surface area contributed by atoms with Gasteiger partial charge in [-0.15, -0.1) is 0 Å². The fraction of sp³-hybridized carbons (Fsp3) is 0.400. The molecule has 0 spiro atoms. The van der Waals surface area contributed by atoms with Crippen LogP contribution in [0.2, 0.25) is 0 Å². The van der Waals surface area contributed by atoms with E-state index in [-0.39, 0.29) is 23.5 Å². The number of amides is 2. The number of nitrogens with two attached hydrogens (primary N) is 1. The van der Waals surface area contributed by atoms with Crippen molar-refractivity contribution >= 4 is 24.0 Å².